The summed E-state index contributed by atoms with van der Waals surface area (Å²) in [6, 6.07) is 8.92. The van der Waals surface area contributed by atoms with E-state index in [-0.39, 0.29) is 0 Å². The van der Waals surface area contributed by atoms with Gasteiger partial charge in [-0.05, 0) is 0 Å². The van der Waals surface area contributed by atoms with Crippen molar-refractivity contribution in [2.75, 3.05) is 19.0 Å². The minimum absolute atomic E-state index is 0.661. The second-order valence-electron chi connectivity index (χ2n) is 3.31. The van der Waals surface area contributed by atoms with Crippen molar-refractivity contribution in [3.05, 3.63) is 24.3 Å². The van der Waals surface area contributed by atoms with Gasteiger partial charge in [0.2, 0.25) is 0 Å². The summed E-state index contributed by atoms with van der Waals surface area (Å²) in [5.41, 5.74) is 6.00. The van der Waals surface area contributed by atoms with E-state index in [2.05, 4.69) is 54.7 Å². The SMILES string of the molecule is CN(C)c1ccc([As](C)C)cc1. The molecule has 1 nitrogen and oxygen atoms in total. The Morgan fingerprint density at radius 3 is 1.83 bits per heavy atom. The van der Waals surface area contributed by atoms with E-state index in [1.54, 1.807) is 4.35 Å². The molecule has 66 valence electrons. The van der Waals surface area contributed by atoms with Gasteiger partial charge in [-0.2, -0.15) is 0 Å². The van der Waals surface area contributed by atoms with Crippen LogP contribution in [0.5, 0.6) is 0 Å². The van der Waals surface area contributed by atoms with Crippen molar-refractivity contribution in [1.82, 2.24) is 0 Å². The summed E-state index contributed by atoms with van der Waals surface area (Å²) < 4.78 is 1.55. The first-order valence-electron chi connectivity index (χ1n) is 4.06. The Morgan fingerprint density at radius 1 is 1.00 bits per heavy atom. The molecule has 0 heterocycles. The molecule has 0 atom stereocenters. The molecule has 1 rings (SSSR count). The fourth-order valence-electron chi connectivity index (χ4n) is 1.05. The summed E-state index contributed by atoms with van der Waals surface area (Å²) >= 11 is -0.661. The molecule has 0 amide bonds. The van der Waals surface area contributed by atoms with Crippen LogP contribution in [0, 0.1) is 0 Å². The Labute approximate surface area is 79.7 Å². The van der Waals surface area contributed by atoms with Crippen molar-refractivity contribution in [3.63, 3.8) is 0 Å². The van der Waals surface area contributed by atoms with Crippen LogP contribution in [0.25, 0.3) is 0 Å². The van der Waals surface area contributed by atoms with E-state index in [4.69, 9.17) is 0 Å². The summed E-state index contributed by atoms with van der Waals surface area (Å²) in [5, 5.41) is 0. The molecule has 0 radical (unpaired) electrons. The Balaban J connectivity index is 2.86. The zero-order valence-corrected chi connectivity index (χ0v) is 10.1. The zero-order valence-electron chi connectivity index (χ0n) is 8.20. The molecule has 0 saturated heterocycles. The van der Waals surface area contributed by atoms with Gasteiger partial charge in [-0.3, -0.25) is 0 Å². The molecule has 12 heavy (non-hydrogen) atoms. The third-order valence-electron chi connectivity index (χ3n) is 1.88. The van der Waals surface area contributed by atoms with Crippen molar-refractivity contribution in [2.24, 2.45) is 0 Å². The van der Waals surface area contributed by atoms with Crippen molar-refractivity contribution in [3.8, 4) is 0 Å². The molecule has 1 aromatic carbocycles. The van der Waals surface area contributed by atoms with E-state index in [1.807, 2.05) is 0 Å². The summed E-state index contributed by atoms with van der Waals surface area (Å²) in [7, 11) is 4.14. The number of hydrogen-bond acceptors (Lipinski definition) is 1. The number of nitrogens with zero attached hydrogens (tertiary/aromatic N) is 1. The normalized spacial score (nSPS) is 10.4. The van der Waals surface area contributed by atoms with Gasteiger partial charge in [0.05, 0.1) is 0 Å². The van der Waals surface area contributed by atoms with Gasteiger partial charge < -0.3 is 0 Å². The second kappa shape index (κ2) is 4.00. The van der Waals surface area contributed by atoms with Gasteiger partial charge in [0.25, 0.3) is 0 Å². The Hall–Kier alpha value is -0.422. The first-order valence-corrected chi connectivity index (χ1v) is 8.75. The fourth-order valence-corrected chi connectivity index (χ4v) is 2.61. The van der Waals surface area contributed by atoms with Crippen LogP contribution in [-0.2, 0) is 0 Å². The van der Waals surface area contributed by atoms with Crippen LogP contribution >= 0.6 is 0 Å². The van der Waals surface area contributed by atoms with Crippen LogP contribution in [0.15, 0.2) is 24.3 Å². The molecule has 0 aliphatic rings. The van der Waals surface area contributed by atoms with Crippen LogP contribution in [0.3, 0.4) is 0 Å². The van der Waals surface area contributed by atoms with E-state index >= 15 is 0 Å². The Bertz CT molecular complexity index is 212. The molecule has 0 N–H and O–H groups in total. The second-order valence-corrected chi connectivity index (χ2v) is 8.14. The van der Waals surface area contributed by atoms with Crippen LogP contribution < -0.4 is 9.25 Å². The summed E-state index contributed by atoms with van der Waals surface area (Å²) in [5.74, 6) is 0. The van der Waals surface area contributed by atoms with E-state index in [0.29, 0.717) is 0 Å². The van der Waals surface area contributed by atoms with Gasteiger partial charge >= 0.3 is 79.4 Å². The van der Waals surface area contributed by atoms with Gasteiger partial charge in [0, 0.05) is 0 Å². The van der Waals surface area contributed by atoms with Gasteiger partial charge in [-0.25, -0.2) is 0 Å². The maximum atomic E-state index is 2.36. The number of benzene rings is 1. The molecule has 0 bridgehead atoms. The fraction of sp³-hybridized carbons (Fsp3) is 0.400. The van der Waals surface area contributed by atoms with Gasteiger partial charge in [0.1, 0.15) is 0 Å². The first-order chi connectivity index (χ1) is 5.61. The van der Waals surface area contributed by atoms with Crippen LogP contribution in [0.2, 0.25) is 11.4 Å². The molecule has 2 heteroatoms. The number of rotatable bonds is 2. The van der Waals surface area contributed by atoms with Crippen LogP contribution in [-0.4, -0.2) is 28.7 Å². The molecule has 0 aromatic heterocycles. The van der Waals surface area contributed by atoms with Gasteiger partial charge in [-0.15, -0.1) is 0 Å². The summed E-state index contributed by atoms with van der Waals surface area (Å²) in [6.45, 7) is 0. The molecule has 0 fully saturated rings. The predicted octanol–water partition coefficient (Wildman–Crippen LogP) is 1.71. The van der Waals surface area contributed by atoms with E-state index in [0.717, 1.165) is 0 Å². The predicted molar refractivity (Wildman–Crippen MR) is 57.9 cm³/mol. The average Bonchev–Trinajstić information content (AvgIpc) is 2.04. The molecule has 0 spiro atoms. The molecule has 0 saturated carbocycles. The molecule has 0 aliphatic carbocycles. The number of anilines is 1. The summed E-state index contributed by atoms with van der Waals surface area (Å²) in [4.78, 5) is 2.13. The molecule has 0 aliphatic heterocycles. The Morgan fingerprint density at radius 2 is 1.50 bits per heavy atom. The van der Waals surface area contributed by atoms with Gasteiger partial charge in [0.15, 0.2) is 0 Å². The third-order valence-corrected chi connectivity index (χ3v) is 4.67. The van der Waals surface area contributed by atoms with Crippen molar-refractivity contribution < 1.29 is 0 Å². The van der Waals surface area contributed by atoms with E-state index in [9.17, 15) is 0 Å². The maximum absolute atomic E-state index is 2.36. The monoisotopic (exact) mass is 225 g/mol. The molecule has 1 aromatic rings. The molecular formula is C10H16AsN. The standard InChI is InChI=1S/C10H16AsN/c1-11(2)9-5-7-10(8-6-9)12(3)4/h5-8H,1-4H3. The quantitative estimate of drug-likeness (QED) is 0.692. The minimum atomic E-state index is -0.661. The van der Waals surface area contributed by atoms with Crippen molar-refractivity contribution in [1.29, 1.82) is 0 Å². The Kier molecular flexibility index (Phi) is 3.22. The summed E-state index contributed by atoms with van der Waals surface area (Å²) in [6.07, 6.45) is 0. The topological polar surface area (TPSA) is 3.24 Å². The average molecular weight is 225 g/mol. The van der Waals surface area contributed by atoms with Crippen molar-refractivity contribution >= 4 is 24.7 Å². The molecule has 0 unspecified atom stereocenters. The zero-order chi connectivity index (χ0) is 9.14. The first kappa shape index (κ1) is 9.66. The van der Waals surface area contributed by atoms with Crippen molar-refractivity contribution in [2.45, 2.75) is 11.4 Å². The third kappa shape index (κ3) is 2.28. The van der Waals surface area contributed by atoms with Crippen LogP contribution in [0.1, 0.15) is 0 Å². The number of hydrogen-bond donors (Lipinski definition) is 0. The molecular weight excluding hydrogens is 209 g/mol. The van der Waals surface area contributed by atoms with E-state index < -0.39 is 14.7 Å². The van der Waals surface area contributed by atoms with Crippen LogP contribution in [0.4, 0.5) is 5.69 Å². The van der Waals surface area contributed by atoms with E-state index in [1.165, 1.54) is 5.69 Å². The van der Waals surface area contributed by atoms with Gasteiger partial charge in [-0.1, -0.05) is 0 Å².